The van der Waals surface area contributed by atoms with Crippen molar-refractivity contribution in [2.75, 3.05) is 0 Å². The van der Waals surface area contributed by atoms with Gasteiger partial charge >= 0.3 is 0 Å². The Morgan fingerprint density at radius 3 is 2.40 bits per heavy atom. The van der Waals surface area contributed by atoms with Crippen molar-refractivity contribution in [2.45, 2.75) is 50.5 Å². The van der Waals surface area contributed by atoms with Crippen LogP contribution in [0.4, 0.5) is 0 Å². The zero-order valence-electron chi connectivity index (χ0n) is 6.44. The molecular formula is C9H15O. The smallest absolute Gasteiger partial charge is 0.0845 e. The Morgan fingerprint density at radius 1 is 1.00 bits per heavy atom. The molecule has 0 atom stereocenters. The summed E-state index contributed by atoms with van der Waals surface area (Å²) < 4.78 is 5.66. The van der Waals surface area contributed by atoms with E-state index in [0.717, 1.165) is 0 Å². The molecule has 1 heterocycles. The van der Waals surface area contributed by atoms with Gasteiger partial charge in [-0.2, -0.15) is 0 Å². The molecule has 57 valence electrons. The molecule has 0 aromatic rings. The summed E-state index contributed by atoms with van der Waals surface area (Å²) >= 11 is 0. The highest BCUT2D eigenvalue weighted by Gasteiger charge is 2.35. The molecule has 2 fully saturated rings. The van der Waals surface area contributed by atoms with Gasteiger partial charge in [0.15, 0.2) is 0 Å². The lowest BCUT2D eigenvalue weighted by Crippen LogP contribution is -2.29. The monoisotopic (exact) mass is 139 g/mol. The summed E-state index contributed by atoms with van der Waals surface area (Å²) in [6.45, 7) is 2.01. The van der Waals surface area contributed by atoms with Crippen LogP contribution >= 0.6 is 0 Å². The van der Waals surface area contributed by atoms with Gasteiger partial charge in [-0.1, -0.05) is 19.3 Å². The summed E-state index contributed by atoms with van der Waals surface area (Å²) in [4.78, 5) is 0. The fourth-order valence-corrected chi connectivity index (χ4v) is 2.18. The van der Waals surface area contributed by atoms with Gasteiger partial charge in [-0.25, -0.2) is 0 Å². The lowest BCUT2D eigenvalue weighted by molar-refractivity contribution is 0.00125. The van der Waals surface area contributed by atoms with E-state index in [0.29, 0.717) is 5.60 Å². The molecule has 2 aliphatic rings. The molecule has 0 aromatic carbocycles. The van der Waals surface area contributed by atoms with Crippen LogP contribution in [0.25, 0.3) is 0 Å². The molecule has 1 aliphatic heterocycles. The van der Waals surface area contributed by atoms with E-state index in [-0.39, 0.29) is 0 Å². The van der Waals surface area contributed by atoms with Crippen molar-refractivity contribution in [3.63, 3.8) is 0 Å². The fourth-order valence-electron chi connectivity index (χ4n) is 2.18. The highest BCUT2D eigenvalue weighted by molar-refractivity contribution is 4.90. The average molecular weight is 139 g/mol. The lowest BCUT2D eigenvalue weighted by atomic mass is 9.83. The maximum absolute atomic E-state index is 5.66. The van der Waals surface area contributed by atoms with E-state index in [1.165, 1.54) is 44.9 Å². The van der Waals surface area contributed by atoms with Gasteiger partial charge in [-0.05, 0) is 25.7 Å². The summed E-state index contributed by atoms with van der Waals surface area (Å²) in [5, 5.41) is 0. The van der Waals surface area contributed by atoms with E-state index < -0.39 is 0 Å². The number of hydrogen-bond donors (Lipinski definition) is 0. The molecule has 1 saturated heterocycles. The Labute approximate surface area is 62.8 Å². The van der Waals surface area contributed by atoms with Crippen LogP contribution in [-0.4, -0.2) is 5.60 Å². The van der Waals surface area contributed by atoms with Crippen LogP contribution in [0.1, 0.15) is 44.9 Å². The first-order valence-electron chi connectivity index (χ1n) is 4.41. The third-order valence-corrected chi connectivity index (χ3v) is 2.82. The first-order valence-corrected chi connectivity index (χ1v) is 4.41. The van der Waals surface area contributed by atoms with Gasteiger partial charge in [-0.3, -0.25) is 0 Å². The van der Waals surface area contributed by atoms with Crippen molar-refractivity contribution in [3.8, 4) is 0 Å². The molecular weight excluding hydrogens is 124 g/mol. The van der Waals surface area contributed by atoms with Crippen molar-refractivity contribution in [2.24, 2.45) is 0 Å². The third kappa shape index (κ3) is 1.07. The third-order valence-electron chi connectivity index (χ3n) is 2.82. The van der Waals surface area contributed by atoms with Gasteiger partial charge in [0.2, 0.25) is 0 Å². The number of rotatable bonds is 0. The normalized spacial score (nSPS) is 31.2. The van der Waals surface area contributed by atoms with E-state index in [1.807, 2.05) is 6.61 Å². The molecule has 0 amide bonds. The standard InChI is InChI=1S/C9H15O/c1-2-5-9(6-3-1)7-4-8-10-9/h8H,1-7H2. The molecule has 0 aromatic heterocycles. The molecule has 0 bridgehead atoms. The van der Waals surface area contributed by atoms with Crippen molar-refractivity contribution in [3.05, 3.63) is 6.61 Å². The Bertz CT molecular complexity index is 106. The average Bonchev–Trinajstić information content (AvgIpc) is 2.39. The van der Waals surface area contributed by atoms with Crippen molar-refractivity contribution in [1.29, 1.82) is 0 Å². The number of hydrogen-bond acceptors (Lipinski definition) is 1. The molecule has 1 aliphatic carbocycles. The summed E-state index contributed by atoms with van der Waals surface area (Å²) in [7, 11) is 0. The van der Waals surface area contributed by atoms with Gasteiger partial charge in [0.25, 0.3) is 0 Å². The number of ether oxygens (including phenoxy) is 1. The minimum absolute atomic E-state index is 0.318. The zero-order chi connectivity index (χ0) is 6.86. The second-order valence-corrected chi connectivity index (χ2v) is 3.57. The maximum Gasteiger partial charge on any atom is 0.0845 e. The Morgan fingerprint density at radius 2 is 1.80 bits per heavy atom. The predicted molar refractivity (Wildman–Crippen MR) is 40.4 cm³/mol. The molecule has 2 rings (SSSR count). The van der Waals surface area contributed by atoms with Crippen LogP contribution in [0.2, 0.25) is 0 Å². The van der Waals surface area contributed by atoms with E-state index >= 15 is 0 Å². The van der Waals surface area contributed by atoms with Crippen molar-refractivity contribution >= 4 is 0 Å². The molecule has 1 heteroatoms. The van der Waals surface area contributed by atoms with Gasteiger partial charge in [-0.15, -0.1) is 0 Å². The van der Waals surface area contributed by atoms with Crippen LogP contribution in [0.5, 0.6) is 0 Å². The summed E-state index contributed by atoms with van der Waals surface area (Å²) in [5.41, 5.74) is 0.318. The van der Waals surface area contributed by atoms with E-state index in [2.05, 4.69) is 0 Å². The molecule has 0 unspecified atom stereocenters. The van der Waals surface area contributed by atoms with Crippen LogP contribution < -0.4 is 0 Å². The van der Waals surface area contributed by atoms with Crippen LogP contribution in [0, 0.1) is 6.61 Å². The van der Waals surface area contributed by atoms with Gasteiger partial charge < -0.3 is 4.74 Å². The first kappa shape index (κ1) is 6.66. The SMILES string of the molecule is [CH]1CCC2(CCCCC2)O1. The van der Waals surface area contributed by atoms with Crippen LogP contribution in [0.3, 0.4) is 0 Å². The highest BCUT2D eigenvalue weighted by atomic mass is 16.5. The van der Waals surface area contributed by atoms with Crippen LogP contribution in [0.15, 0.2) is 0 Å². The molecule has 1 radical (unpaired) electrons. The minimum Gasteiger partial charge on any atom is -0.369 e. The zero-order valence-corrected chi connectivity index (χ0v) is 6.44. The second-order valence-electron chi connectivity index (χ2n) is 3.57. The molecule has 10 heavy (non-hydrogen) atoms. The summed E-state index contributed by atoms with van der Waals surface area (Å²) in [6.07, 6.45) is 9.27. The predicted octanol–water partition coefficient (Wildman–Crippen LogP) is 2.66. The Kier molecular flexibility index (Phi) is 1.69. The minimum atomic E-state index is 0.318. The topological polar surface area (TPSA) is 9.23 Å². The van der Waals surface area contributed by atoms with Crippen molar-refractivity contribution < 1.29 is 4.74 Å². The molecule has 1 nitrogen and oxygen atoms in total. The first-order chi connectivity index (χ1) is 4.91. The largest absolute Gasteiger partial charge is 0.369 e. The molecule has 1 saturated carbocycles. The van der Waals surface area contributed by atoms with E-state index in [9.17, 15) is 0 Å². The molecule has 1 spiro atoms. The van der Waals surface area contributed by atoms with Crippen LogP contribution in [-0.2, 0) is 4.74 Å². The quantitative estimate of drug-likeness (QED) is 0.501. The van der Waals surface area contributed by atoms with Crippen molar-refractivity contribution in [1.82, 2.24) is 0 Å². The molecule has 0 N–H and O–H groups in total. The fraction of sp³-hybridized carbons (Fsp3) is 0.889. The van der Waals surface area contributed by atoms with Gasteiger partial charge in [0, 0.05) is 0 Å². The highest BCUT2D eigenvalue weighted by Crippen LogP contribution is 2.40. The summed E-state index contributed by atoms with van der Waals surface area (Å²) in [6, 6.07) is 0. The van der Waals surface area contributed by atoms with E-state index in [4.69, 9.17) is 4.74 Å². The van der Waals surface area contributed by atoms with Gasteiger partial charge in [0.1, 0.15) is 0 Å². The van der Waals surface area contributed by atoms with Gasteiger partial charge in [0.05, 0.1) is 12.2 Å². The lowest BCUT2D eigenvalue weighted by Gasteiger charge is -2.31. The van der Waals surface area contributed by atoms with E-state index in [1.54, 1.807) is 0 Å². The summed E-state index contributed by atoms with van der Waals surface area (Å²) in [5.74, 6) is 0. The second kappa shape index (κ2) is 2.54. The Balaban J connectivity index is 1.98. The maximum atomic E-state index is 5.66. The Hall–Kier alpha value is -0.0400.